The summed E-state index contributed by atoms with van der Waals surface area (Å²) in [5.41, 5.74) is 3.12. The van der Waals surface area contributed by atoms with E-state index in [-0.39, 0.29) is 22.6 Å². The number of carbonyl (C=O) groups is 2. The maximum Gasteiger partial charge on any atom is 0.301 e. The van der Waals surface area contributed by atoms with E-state index in [4.69, 9.17) is 14.2 Å². The normalized spacial score (nSPS) is 18.7. The molecule has 0 aliphatic carbocycles. The quantitative estimate of drug-likeness (QED) is 0.119. The summed E-state index contributed by atoms with van der Waals surface area (Å²) >= 11 is 1.08. The summed E-state index contributed by atoms with van der Waals surface area (Å²) in [5.74, 6) is -0.928. The summed E-state index contributed by atoms with van der Waals surface area (Å²) in [7, 11) is 1.50. The molecule has 2 atom stereocenters. The number of aliphatic hydroxyl groups excluding tert-OH is 1. The van der Waals surface area contributed by atoms with Crippen LogP contribution < -0.4 is 19.1 Å². The molecule has 1 fully saturated rings. The highest BCUT2D eigenvalue weighted by Crippen LogP contribution is 2.46. The van der Waals surface area contributed by atoms with Crippen LogP contribution in [0.4, 0.5) is 9.52 Å². The van der Waals surface area contributed by atoms with Crippen LogP contribution in [0.3, 0.4) is 0 Å². The maximum absolute atomic E-state index is 14.0. The molecule has 0 bridgehead atoms. The second-order valence-electron chi connectivity index (χ2n) is 10.9. The predicted molar refractivity (Wildman–Crippen MR) is 168 cm³/mol. The highest BCUT2D eigenvalue weighted by molar-refractivity contribution is 7.22. The molecule has 7 rings (SSSR count). The van der Waals surface area contributed by atoms with Gasteiger partial charge in [0.2, 0.25) is 0 Å². The van der Waals surface area contributed by atoms with Crippen molar-refractivity contribution >= 4 is 44.1 Å². The summed E-state index contributed by atoms with van der Waals surface area (Å²) in [5, 5.41) is 11.9. The molecule has 10 heteroatoms. The summed E-state index contributed by atoms with van der Waals surface area (Å²) in [6.45, 7) is 2.26. The molecule has 8 nitrogen and oxygen atoms in total. The lowest BCUT2D eigenvalue weighted by atomic mass is 9.94. The Morgan fingerprint density at radius 3 is 2.67 bits per heavy atom. The van der Waals surface area contributed by atoms with Crippen LogP contribution in [0.5, 0.6) is 17.2 Å². The zero-order valence-electron chi connectivity index (χ0n) is 24.3. The van der Waals surface area contributed by atoms with Crippen LogP contribution in [0.1, 0.15) is 35.2 Å². The number of methoxy groups -OCH3 is 1. The predicted octanol–water partition coefficient (Wildman–Crippen LogP) is 6.97. The Hall–Kier alpha value is -5.22. The van der Waals surface area contributed by atoms with Gasteiger partial charge in [0.15, 0.2) is 16.6 Å². The summed E-state index contributed by atoms with van der Waals surface area (Å²) < 4.78 is 32.1. The molecule has 1 saturated heterocycles. The van der Waals surface area contributed by atoms with Gasteiger partial charge in [-0.3, -0.25) is 14.5 Å². The molecule has 1 aromatic heterocycles. The van der Waals surface area contributed by atoms with E-state index in [2.05, 4.69) is 4.98 Å². The van der Waals surface area contributed by atoms with Gasteiger partial charge in [-0.2, -0.15) is 0 Å². The van der Waals surface area contributed by atoms with Crippen LogP contribution in [0.15, 0.2) is 90.5 Å². The fourth-order valence-electron chi connectivity index (χ4n) is 5.77. The first kappa shape index (κ1) is 28.5. The highest BCUT2D eigenvalue weighted by atomic mass is 32.1. The molecule has 5 aromatic rings. The second kappa shape index (κ2) is 11.4. The number of ketones is 1. The van der Waals surface area contributed by atoms with Crippen molar-refractivity contribution in [3.05, 3.63) is 119 Å². The van der Waals surface area contributed by atoms with E-state index in [0.29, 0.717) is 51.6 Å². The van der Waals surface area contributed by atoms with Crippen LogP contribution in [0, 0.1) is 5.82 Å². The minimum atomic E-state index is -1.06. The average Bonchev–Trinajstić information content (AvgIpc) is 3.71. The van der Waals surface area contributed by atoms with E-state index in [1.165, 1.54) is 30.2 Å². The van der Waals surface area contributed by atoms with Gasteiger partial charge in [-0.1, -0.05) is 47.7 Å². The SMILES string of the molecule is COc1cc([C@@H]2C(=C(O)c3ccc4c(c3)C[C@@H](C)O4)C(=O)C(=O)N2c2nc3ccc(F)cc3s2)ccc1OCc1ccccc1. The number of ether oxygens (including phenoxy) is 3. The molecular formula is C35H27FN2O6S. The third-order valence-corrected chi connectivity index (χ3v) is 8.92. The Labute approximate surface area is 261 Å². The number of nitrogens with zero attached hydrogens (tertiary/aromatic N) is 2. The zero-order valence-corrected chi connectivity index (χ0v) is 25.1. The number of aromatic nitrogens is 1. The van der Waals surface area contributed by atoms with Gasteiger partial charge in [-0.15, -0.1) is 0 Å². The van der Waals surface area contributed by atoms with Crippen molar-refractivity contribution in [2.75, 3.05) is 12.0 Å². The topological polar surface area (TPSA) is 98.2 Å². The van der Waals surface area contributed by atoms with Gasteiger partial charge >= 0.3 is 5.91 Å². The number of amides is 1. The Morgan fingerprint density at radius 2 is 1.87 bits per heavy atom. The molecule has 2 aliphatic heterocycles. The molecule has 3 heterocycles. The molecule has 4 aromatic carbocycles. The third-order valence-electron chi connectivity index (χ3n) is 7.90. The summed E-state index contributed by atoms with van der Waals surface area (Å²) in [6, 6.07) is 23.1. The standard InChI is InChI=1S/C35H27FN2O6S/c1-19-14-23-15-22(9-12-26(23)44-19)32(39)30-31(21-8-13-27(28(16-21)42-2)43-18-20-6-4-3-5-7-20)38(34(41)33(30)40)35-37-25-11-10-24(36)17-29(25)45-35/h3-13,15-17,19,31,39H,14,18H2,1-2H3/t19-,31-/m1/s1. The molecule has 2 aliphatic rings. The number of aliphatic hydroxyl groups is 1. The molecule has 0 unspecified atom stereocenters. The number of Topliss-reactive ketones (excluding diaryl/α,β-unsaturated/α-hetero) is 1. The van der Waals surface area contributed by atoms with E-state index >= 15 is 0 Å². The lowest BCUT2D eigenvalue weighted by molar-refractivity contribution is -0.132. The van der Waals surface area contributed by atoms with Crippen LogP contribution in [0.25, 0.3) is 16.0 Å². The van der Waals surface area contributed by atoms with E-state index in [1.54, 1.807) is 36.4 Å². The lowest BCUT2D eigenvalue weighted by Crippen LogP contribution is -2.29. The van der Waals surface area contributed by atoms with Crippen molar-refractivity contribution in [1.29, 1.82) is 0 Å². The van der Waals surface area contributed by atoms with Crippen molar-refractivity contribution in [2.45, 2.75) is 32.1 Å². The molecule has 0 spiro atoms. The fourth-order valence-corrected chi connectivity index (χ4v) is 6.79. The Kier molecular flexibility index (Phi) is 7.21. The summed E-state index contributed by atoms with van der Waals surface area (Å²) in [6.07, 6.45) is 0.639. The van der Waals surface area contributed by atoms with E-state index < -0.39 is 23.5 Å². The number of thiazole rings is 1. The molecule has 0 saturated carbocycles. The van der Waals surface area contributed by atoms with E-state index in [1.807, 2.05) is 37.3 Å². The van der Waals surface area contributed by atoms with Gasteiger partial charge in [-0.05, 0) is 72.1 Å². The minimum absolute atomic E-state index is 0.0121. The number of halogens is 1. The Balaban J connectivity index is 1.35. The van der Waals surface area contributed by atoms with Crippen molar-refractivity contribution in [1.82, 2.24) is 4.98 Å². The number of hydrogen-bond donors (Lipinski definition) is 1. The summed E-state index contributed by atoms with van der Waals surface area (Å²) in [4.78, 5) is 33.3. The van der Waals surface area contributed by atoms with Crippen LogP contribution in [-0.4, -0.2) is 35.0 Å². The number of carbonyl (C=O) groups excluding carboxylic acids is 2. The van der Waals surface area contributed by atoms with Gasteiger partial charge in [0, 0.05) is 12.0 Å². The zero-order chi connectivity index (χ0) is 31.2. The molecular weight excluding hydrogens is 595 g/mol. The second-order valence-corrected chi connectivity index (χ2v) is 11.9. The number of fused-ring (bicyclic) bond motifs is 2. The van der Waals surface area contributed by atoms with Crippen LogP contribution >= 0.6 is 11.3 Å². The van der Waals surface area contributed by atoms with Gasteiger partial charge in [0.05, 0.1) is 28.9 Å². The smallest absolute Gasteiger partial charge is 0.301 e. The first-order valence-electron chi connectivity index (χ1n) is 14.3. The number of benzene rings is 4. The molecule has 45 heavy (non-hydrogen) atoms. The van der Waals surface area contributed by atoms with Gasteiger partial charge in [0.25, 0.3) is 5.78 Å². The Morgan fingerprint density at radius 1 is 1.04 bits per heavy atom. The number of hydrogen-bond acceptors (Lipinski definition) is 8. The monoisotopic (exact) mass is 622 g/mol. The van der Waals surface area contributed by atoms with Crippen molar-refractivity contribution in [3.63, 3.8) is 0 Å². The Bertz CT molecular complexity index is 2010. The molecule has 0 radical (unpaired) electrons. The van der Waals surface area contributed by atoms with E-state index in [9.17, 15) is 19.1 Å². The van der Waals surface area contributed by atoms with Crippen molar-refractivity contribution in [3.8, 4) is 17.2 Å². The van der Waals surface area contributed by atoms with Gasteiger partial charge < -0.3 is 19.3 Å². The van der Waals surface area contributed by atoms with E-state index in [0.717, 1.165) is 22.5 Å². The average molecular weight is 623 g/mol. The maximum atomic E-state index is 14.0. The van der Waals surface area contributed by atoms with Crippen LogP contribution in [-0.2, 0) is 22.6 Å². The highest BCUT2D eigenvalue weighted by Gasteiger charge is 2.48. The number of anilines is 1. The molecule has 1 N–H and O–H groups in total. The fraction of sp³-hybridized carbons (Fsp3) is 0.171. The lowest BCUT2D eigenvalue weighted by Gasteiger charge is -2.24. The van der Waals surface area contributed by atoms with Crippen molar-refractivity contribution < 1.29 is 33.3 Å². The van der Waals surface area contributed by atoms with Crippen LogP contribution in [0.2, 0.25) is 0 Å². The minimum Gasteiger partial charge on any atom is -0.507 e. The van der Waals surface area contributed by atoms with Gasteiger partial charge in [0.1, 0.15) is 30.0 Å². The first-order chi connectivity index (χ1) is 21.8. The molecule has 1 amide bonds. The number of rotatable bonds is 7. The van der Waals surface area contributed by atoms with Crippen molar-refractivity contribution in [2.24, 2.45) is 0 Å². The first-order valence-corrected chi connectivity index (χ1v) is 15.1. The third kappa shape index (κ3) is 5.17. The van der Waals surface area contributed by atoms with Gasteiger partial charge in [-0.25, -0.2) is 9.37 Å². The largest absolute Gasteiger partial charge is 0.507 e. The molecule has 226 valence electrons.